The number of aromatic nitrogens is 2. The quantitative estimate of drug-likeness (QED) is 0.173. The van der Waals surface area contributed by atoms with Crippen LogP contribution in [0.2, 0.25) is 0 Å². The minimum atomic E-state index is -0.0569. The summed E-state index contributed by atoms with van der Waals surface area (Å²) >= 11 is 0. The summed E-state index contributed by atoms with van der Waals surface area (Å²) in [5, 5.41) is 5.34. The summed E-state index contributed by atoms with van der Waals surface area (Å²) in [6.45, 7) is 28.3. The van der Waals surface area contributed by atoms with Gasteiger partial charge in [0.25, 0.3) is 0 Å². The second kappa shape index (κ2) is 12.8. The van der Waals surface area contributed by atoms with E-state index in [2.05, 4.69) is 231 Å². The second-order valence-electron chi connectivity index (χ2n) is 22.4. The molecule has 3 nitrogen and oxygen atoms in total. The molecule has 3 heteroatoms. The Labute approximate surface area is 367 Å². The minimum Gasteiger partial charge on any atom is -0.309 e. The average Bonchev–Trinajstić information content (AvgIpc) is 3.73. The molecule has 2 aliphatic heterocycles. The van der Waals surface area contributed by atoms with Gasteiger partial charge in [-0.3, -0.25) is 0 Å². The summed E-state index contributed by atoms with van der Waals surface area (Å²) in [5.41, 5.74) is 20.7. The van der Waals surface area contributed by atoms with E-state index < -0.39 is 0 Å². The number of nitrogens with zero attached hydrogens (tertiary/aromatic N) is 3. The van der Waals surface area contributed by atoms with Crippen molar-refractivity contribution in [1.29, 1.82) is 0 Å². The molecule has 0 saturated heterocycles. The number of rotatable bonds is 3. The predicted molar refractivity (Wildman–Crippen MR) is 266 cm³/mol. The molecule has 11 rings (SSSR count). The maximum atomic E-state index is 2.67. The van der Waals surface area contributed by atoms with Crippen LogP contribution in [0.3, 0.4) is 0 Å². The lowest BCUT2D eigenvalue weighted by Gasteiger charge is -2.39. The molecule has 0 saturated carbocycles. The Hall–Kier alpha value is -6.06. The second-order valence-corrected chi connectivity index (χ2v) is 22.4. The van der Waals surface area contributed by atoms with Crippen LogP contribution < -0.4 is 4.90 Å². The van der Waals surface area contributed by atoms with Crippen LogP contribution in [0.5, 0.6) is 0 Å². The van der Waals surface area contributed by atoms with Gasteiger partial charge in [-0.05, 0) is 128 Å². The molecule has 62 heavy (non-hydrogen) atoms. The van der Waals surface area contributed by atoms with Crippen molar-refractivity contribution in [2.45, 2.75) is 111 Å². The van der Waals surface area contributed by atoms with E-state index in [1.165, 1.54) is 99.6 Å². The number of fused-ring (bicyclic) bond motifs is 10. The van der Waals surface area contributed by atoms with Gasteiger partial charge in [-0.1, -0.05) is 144 Å². The number of hydrogen-bond donors (Lipinski definition) is 0. The minimum absolute atomic E-state index is 0.000689. The van der Waals surface area contributed by atoms with Crippen LogP contribution >= 0.6 is 0 Å². The monoisotopic (exact) mass is 809 g/mol. The Balaban J connectivity index is 1.39. The highest BCUT2D eigenvalue weighted by Gasteiger charge is 2.42. The van der Waals surface area contributed by atoms with Crippen molar-refractivity contribution >= 4 is 60.7 Å². The van der Waals surface area contributed by atoms with Gasteiger partial charge in [0.05, 0.1) is 39.1 Å². The lowest BCUT2D eigenvalue weighted by molar-refractivity contribution is 0.588. The van der Waals surface area contributed by atoms with Gasteiger partial charge in [-0.15, -0.1) is 0 Å². The average molecular weight is 810 g/mol. The van der Waals surface area contributed by atoms with Crippen LogP contribution in [-0.2, 0) is 21.7 Å². The topological polar surface area (TPSA) is 13.1 Å². The highest BCUT2D eigenvalue weighted by molar-refractivity contribution is 6.16. The number of para-hydroxylation sites is 2. The van der Waals surface area contributed by atoms with Crippen LogP contribution in [0.25, 0.3) is 55.0 Å². The van der Waals surface area contributed by atoms with Gasteiger partial charge in [0, 0.05) is 44.4 Å². The van der Waals surface area contributed by atoms with Crippen molar-refractivity contribution in [3.8, 4) is 11.4 Å². The Morgan fingerprint density at radius 2 is 0.823 bits per heavy atom. The van der Waals surface area contributed by atoms with Crippen molar-refractivity contribution < 1.29 is 0 Å². The summed E-state index contributed by atoms with van der Waals surface area (Å²) in [6.07, 6.45) is 0. The third-order valence-corrected chi connectivity index (χ3v) is 14.1. The molecule has 0 fully saturated rings. The molecule has 0 N–H and O–H groups in total. The van der Waals surface area contributed by atoms with Gasteiger partial charge in [0.2, 0.25) is 0 Å². The summed E-state index contributed by atoms with van der Waals surface area (Å²) in [5.74, 6) is 0.000689. The van der Waals surface area contributed by atoms with Crippen LogP contribution in [-0.4, -0.2) is 9.13 Å². The molecule has 310 valence electrons. The maximum Gasteiger partial charge on any atom is 0.0765 e. The SMILES string of the molecule is CC(C)(C)c1ccc2c(c1)c1cc(C(C)(C)C)cc3c1n2-c1ccc(N(c2ccccc2)c2ccccc2)c2c1C3c1cc(C(C)(C)C)cc3c4cc(C(C)(C)C)ccc4n-2c13. The Morgan fingerprint density at radius 3 is 1.27 bits per heavy atom. The van der Waals surface area contributed by atoms with E-state index in [9.17, 15) is 0 Å². The van der Waals surface area contributed by atoms with Crippen LogP contribution in [0.15, 0.2) is 133 Å². The van der Waals surface area contributed by atoms with Crippen LogP contribution in [0.4, 0.5) is 17.1 Å². The predicted octanol–water partition coefficient (Wildman–Crippen LogP) is 16.3. The van der Waals surface area contributed by atoms with Crippen LogP contribution in [0, 0.1) is 0 Å². The number of anilines is 3. The standard InChI is InChI=1S/C59H59N3/c1-56(2,3)35-23-25-47-41(29-35)43-31-37(58(7,8)9)33-45-51-46-34-38(59(10,11)12)32-44-42-30-36(57(4,5)6)24-26-48(42)62(54(44)46)55-50(28-27-49(52(51)55)61(47)53(43)45)60(39-19-15-13-16-20-39)40-21-17-14-18-22-40/h13-34,51H,1-12H3. The van der Waals surface area contributed by atoms with Crippen LogP contribution in [0.1, 0.15) is 128 Å². The van der Waals surface area contributed by atoms with E-state index in [4.69, 9.17) is 0 Å². The van der Waals surface area contributed by atoms with Gasteiger partial charge < -0.3 is 14.0 Å². The molecule has 2 aromatic heterocycles. The van der Waals surface area contributed by atoms with Crippen molar-refractivity contribution in [3.05, 3.63) is 172 Å². The molecule has 0 radical (unpaired) electrons. The molecule has 2 aliphatic rings. The molecule has 0 bridgehead atoms. The lowest BCUT2D eigenvalue weighted by Crippen LogP contribution is -2.25. The number of hydrogen-bond acceptors (Lipinski definition) is 1. The highest BCUT2D eigenvalue weighted by Crippen LogP contribution is 2.58. The first kappa shape index (κ1) is 38.8. The van der Waals surface area contributed by atoms with E-state index in [1.54, 1.807) is 0 Å². The fourth-order valence-electron chi connectivity index (χ4n) is 10.6. The zero-order chi connectivity index (χ0) is 43.4. The van der Waals surface area contributed by atoms with Crippen molar-refractivity contribution in [3.63, 3.8) is 0 Å². The summed E-state index contributed by atoms with van der Waals surface area (Å²) in [7, 11) is 0. The van der Waals surface area contributed by atoms with Gasteiger partial charge in [0.15, 0.2) is 0 Å². The fourth-order valence-corrected chi connectivity index (χ4v) is 10.6. The normalized spacial score (nSPS) is 14.9. The first-order valence-corrected chi connectivity index (χ1v) is 22.6. The van der Waals surface area contributed by atoms with Gasteiger partial charge in [-0.2, -0.15) is 0 Å². The Bertz CT molecular complexity index is 3270. The van der Waals surface area contributed by atoms with Gasteiger partial charge in [-0.25, -0.2) is 0 Å². The van der Waals surface area contributed by atoms with Crippen molar-refractivity contribution in [2.75, 3.05) is 4.90 Å². The fraction of sp³-hybridized carbons (Fsp3) is 0.288. The molecular weight excluding hydrogens is 751 g/mol. The molecule has 1 unspecified atom stereocenters. The zero-order valence-electron chi connectivity index (χ0n) is 38.6. The first-order chi connectivity index (χ1) is 29.3. The van der Waals surface area contributed by atoms with E-state index in [-0.39, 0.29) is 27.6 Å². The molecular formula is C59H59N3. The van der Waals surface area contributed by atoms with E-state index in [1.807, 2.05) is 0 Å². The van der Waals surface area contributed by atoms with Gasteiger partial charge in [0.1, 0.15) is 0 Å². The Kier molecular flexibility index (Phi) is 7.99. The third kappa shape index (κ3) is 5.56. The third-order valence-electron chi connectivity index (χ3n) is 14.1. The molecule has 0 aliphatic carbocycles. The smallest absolute Gasteiger partial charge is 0.0765 e. The molecule has 9 aromatic rings. The van der Waals surface area contributed by atoms with Gasteiger partial charge >= 0.3 is 0 Å². The number of benzene rings is 7. The molecule has 1 atom stereocenters. The van der Waals surface area contributed by atoms with Crippen molar-refractivity contribution in [2.24, 2.45) is 0 Å². The Morgan fingerprint density at radius 1 is 0.403 bits per heavy atom. The summed E-state index contributed by atoms with van der Waals surface area (Å²) < 4.78 is 5.30. The largest absolute Gasteiger partial charge is 0.309 e. The summed E-state index contributed by atoms with van der Waals surface area (Å²) in [6, 6.07) is 51.6. The zero-order valence-corrected chi connectivity index (χ0v) is 38.6. The summed E-state index contributed by atoms with van der Waals surface area (Å²) in [4.78, 5) is 2.49. The maximum absolute atomic E-state index is 2.67. The highest BCUT2D eigenvalue weighted by atomic mass is 15.2. The molecule has 4 heterocycles. The van der Waals surface area contributed by atoms with E-state index >= 15 is 0 Å². The molecule has 0 spiro atoms. The molecule has 0 amide bonds. The first-order valence-electron chi connectivity index (χ1n) is 22.6. The molecule has 7 aromatic carbocycles. The van der Waals surface area contributed by atoms with Crippen molar-refractivity contribution in [1.82, 2.24) is 9.13 Å². The lowest BCUT2D eigenvalue weighted by atomic mass is 9.73. The van der Waals surface area contributed by atoms with E-state index in [0.29, 0.717) is 0 Å². The van der Waals surface area contributed by atoms with E-state index in [0.717, 1.165) is 11.4 Å².